The van der Waals surface area contributed by atoms with E-state index in [1.165, 1.54) is 0 Å². The summed E-state index contributed by atoms with van der Waals surface area (Å²) in [7, 11) is 0. The molecule has 0 fully saturated rings. The quantitative estimate of drug-likeness (QED) is 0.399. The van der Waals surface area contributed by atoms with Crippen LogP contribution in [-0.2, 0) is 0 Å². The van der Waals surface area contributed by atoms with Gasteiger partial charge >= 0.3 is 0 Å². The van der Waals surface area contributed by atoms with Gasteiger partial charge in [0.2, 0.25) is 0 Å². The van der Waals surface area contributed by atoms with Crippen LogP contribution in [0.25, 0.3) is 44.2 Å². The summed E-state index contributed by atoms with van der Waals surface area (Å²) in [5, 5.41) is 3.26. The fourth-order valence-electron chi connectivity index (χ4n) is 2.97. The molecule has 0 saturated heterocycles. The molecule has 0 unspecified atom stereocenters. The van der Waals surface area contributed by atoms with Crippen molar-refractivity contribution in [1.82, 2.24) is 9.97 Å². The third-order valence-corrected chi connectivity index (χ3v) is 4.11. The molecule has 0 radical (unpaired) electrons. The van der Waals surface area contributed by atoms with Gasteiger partial charge in [-0.25, -0.2) is 4.98 Å². The number of hydrogen-bond donors (Lipinski definition) is 0. The van der Waals surface area contributed by atoms with Crippen LogP contribution < -0.4 is 0 Å². The highest BCUT2D eigenvalue weighted by Gasteiger charge is 2.09. The van der Waals surface area contributed by atoms with Crippen LogP contribution in [0.1, 0.15) is 0 Å². The molecule has 5 aromatic rings. The van der Waals surface area contributed by atoms with E-state index in [2.05, 4.69) is 29.2 Å². The van der Waals surface area contributed by atoms with Crippen molar-refractivity contribution in [2.75, 3.05) is 0 Å². The van der Waals surface area contributed by atoms with Gasteiger partial charge in [0.15, 0.2) is 5.76 Å². The van der Waals surface area contributed by atoms with Gasteiger partial charge in [-0.15, -0.1) is 0 Å². The van der Waals surface area contributed by atoms with E-state index in [0.29, 0.717) is 0 Å². The van der Waals surface area contributed by atoms with Crippen molar-refractivity contribution in [3.8, 4) is 11.5 Å². The van der Waals surface area contributed by atoms with Crippen LogP contribution >= 0.6 is 0 Å². The fourth-order valence-corrected chi connectivity index (χ4v) is 2.97. The average molecular weight is 296 g/mol. The number of aromatic nitrogens is 2. The van der Waals surface area contributed by atoms with Gasteiger partial charge in [0.25, 0.3) is 0 Å². The third-order valence-electron chi connectivity index (χ3n) is 4.11. The fraction of sp³-hybridized carbons (Fsp3) is 0. The van der Waals surface area contributed by atoms with E-state index >= 15 is 0 Å². The van der Waals surface area contributed by atoms with Gasteiger partial charge in [-0.05, 0) is 24.3 Å². The zero-order chi connectivity index (χ0) is 15.2. The molecule has 0 aliphatic heterocycles. The van der Waals surface area contributed by atoms with Crippen molar-refractivity contribution in [2.24, 2.45) is 0 Å². The second-order valence-electron chi connectivity index (χ2n) is 5.56. The molecular weight excluding hydrogens is 284 g/mol. The van der Waals surface area contributed by atoms with Crippen LogP contribution in [0, 0.1) is 0 Å². The minimum Gasteiger partial charge on any atom is -0.454 e. The summed E-state index contributed by atoms with van der Waals surface area (Å²) in [6.45, 7) is 0. The summed E-state index contributed by atoms with van der Waals surface area (Å²) < 4.78 is 5.93. The van der Waals surface area contributed by atoms with Crippen LogP contribution in [0.3, 0.4) is 0 Å². The van der Waals surface area contributed by atoms with Crippen LogP contribution in [0.15, 0.2) is 77.3 Å². The van der Waals surface area contributed by atoms with E-state index < -0.39 is 0 Å². The summed E-state index contributed by atoms with van der Waals surface area (Å²) in [6.07, 6.45) is 1.80. The molecule has 0 saturated carbocycles. The minimum atomic E-state index is 0.779. The first-order valence-electron chi connectivity index (χ1n) is 7.52. The maximum atomic E-state index is 5.93. The van der Waals surface area contributed by atoms with E-state index in [9.17, 15) is 0 Å². The van der Waals surface area contributed by atoms with E-state index in [0.717, 1.165) is 44.2 Å². The Balaban J connectivity index is 1.80. The van der Waals surface area contributed by atoms with E-state index in [-0.39, 0.29) is 0 Å². The van der Waals surface area contributed by atoms with Crippen LogP contribution in [0.5, 0.6) is 0 Å². The lowest BCUT2D eigenvalue weighted by atomic mass is 10.1. The predicted molar refractivity (Wildman–Crippen MR) is 92.3 cm³/mol. The Bertz CT molecular complexity index is 1140. The van der Waals surface area contributed by atoms with Crippen molar-refractivity contribution in [3.63, 3.8) is 0 Å². The van der Waals surface area contributed by atoms with Gasteiger partial charge in [0, 0.05) is 22.4 Å². The van der Waals surface area contributed by atoms with Gasteiger partial charge in [-0.1, -0.05) is 42.5 Å². The molecular formula is C20H12N2O. The summed E-state index contributed by atoms with van der Waals surface area (Å²) in [4.78, 5) is 9.31. The number of nitrogens with zero attached hydrogens (tertiary/aromatic N) is 2. The number of pyridine rings is 2. The summed E-state index contributed by atoms with van der Waals surface area (Å²) >= 11 is 0. The molecule has 0 amide bonds. The van der Waals surface area contributed by atoms with E-state index in [4.69, 9.17) is 9.40 Å². The van der Waals surface area contributed by atoms with Crippen molar-refractivity contribution in [1.29, 1.82) is 0 Å². The van der Waals surface area contributed by atoms with Gasteiger partial charge in [-0.3, -0.25) is 4.98 Å². The summed E-state index contributed by atoms with van der Waals surface area (Å²) in [5.41, 5.74) is 3.52. The van der Waals surface area contributed by atoms with E-state index in [1.54, 1.807) is 6.20 Å². The number of furan rings is 1. The summed E-state index contributed by atoms with van der Waals surface area (Å²) in [5.74, 6) is 0.779. The predicted octanol–water partition coefficient (Wildman–Crippen LogP) is 5.20. The zero-order valence-electron chi connectivity index (χ0n) is 12.2. The van der Waals surface area contributed by atoms with Gasteiger partial charge in [-0.2, -0.15) is 0 Å². The standard InChI is InChI=1S/C20H12N2O/c1-2-6-17-15(4-1)12-18(23-17)16-10-9-14-8-7-13-5-3-11-21-19(13)20(14)22-16/h1-12H. The Morgan fingerprint density at radius 2 is 1.48 bits per heavy atom. The van der Waals surface area contributed by atoms with Crippen LogP contribution in [-0.4, -0.2) is 9.97 Å². The normalized spacial score (nSPS) is 11.5. The van der Waals surface area contributed by atoms with Gasteiger partial charge in [0.05, 0.1) is 11.0 Å². The molecule has 108 valence electrons. The lowest BCUT2D eigenvalue weighted by Gasteiger charge is -2.04. The SMILES string of the molecule is c1ccc2oc(-c3ccc4ccc5cccnc5c4n3)cc2c1. The van der Waals surface area contributed by atoms with E-state index in [1.807, 2.05) is 42.5 Å². The number of hydrogen-bond acceptors (Lipinski definition) is 3. The first-order valence-corrected chi connectivity index (χ1v) is 7.52. The zero-order valence-corrected chi connectivity index (χ0v) is 12.2. The smallest absolute Gasteiger partial charge is 0.153 e. The number of rotatable bonds is 1. The second kappa shape index (κ2) is 4.65. The molecule has 5 rings (SSSR count). The second-order valence-corrected chi connectivity index (χ2v) is 5.56. The van der Waals surface area contributed by atoms with Crippen molar-refractivity contribution in [3.05, 3.63) is 72.9 Å². The number of benzene rings is 2. The molecule has 0 aliphatic carbocycles. The third kappa shape index (κ3) is 1.90. The molecule has 2 aromatic carbocycles. The number of fused-ring (bicyclic) bond motifs is 4. The Labute approximate surface area is 132 Å². The minimum absolute atomic E-state index is 0.779. The van der Waals surface area contributed by atoms with Crippen molar-refractivity contribution < 1.29 is 4.42 Å². The Kier molecular flexibility index (Phi) is 2.50. The average Bonchev–Trinajstić information content (AvgIpc) is 3.05. The van der Waals surface area contributed by atoms with Crippen LogP contribution in [0.2, 0.25) is 0 Å². The molecule has 0 spiro atoms. The lowest BCUT2D eigenvalue weighted by molar-refractivity contribution is 0.629. The Hall–Kier alpha value is -3.20. The molecule has 23 heavy (non-hydrogen) atoms. The summed E-state index contributed by atoms with van der Waals surface area (Å²) in [6, 6.07) is 22.2. The van der Waals surface area contributed by atoms with Gasteiger partial charge in [0.1, 0.15) is 11.3 Å². The van der Waals surface area contributed by atoms with Crippen molar-refractivity contribution >= 4 is 32.8 Å². The number of para-hydroxylation sites is 1. The highest BCUT2D eigenvalue weighted by molar-refractivity contribution is 6.03. The lowest BCUT2D eigenvalue weighted by Crippen LogP contribution is -1.87. The molecule has 0 aliphatic rings. The largest absolute Gasteiger partial charge is 0.454 e. The Morgan fingerprint density at radius 3 is 2.39 bits per heavy atom. The van der Waals surface area contributed by atoms with Crippen LogP contribution in [0.4, 0.5) is 0 Å². The molecule has 0 atom stereocenters. The van der Waals surface area contributed by atoms with Crippen molar-refractivity contribution in [2.45, 2.75) is 0 Å². The highest BCUT2D eigenvalue weighted by Crippen LogP contribution is 2.29. The maximum Gasteiger partial charge on any atom is 0.153 e. The molecule has 0 bridgehead atoms. The molecule has 3 aromatic heterocycles. The molecule has 3 heteroatoms. The molecule has 0 N–H and O–H groups in total. The topological polar surface area (TPSA) is 38.9 Å². The molecule has 3 nitrogen and oxygen atoms in total. The first kappa shape index (κ1) is 12.4. The highest BCUT2D eigenvalue weighted by atomic mass is 16.3. The first-order chi connectivity index (χ1) is 11.4. The molecule has 3 heterocycles. The maximum absolute atomic E-state index is 5.93. The monoisotopic (exact) mass is 296 g/mol. The Morgan fingerprint density at radius 1 is 0.696 bits per heavy atom. The van der Waals surface area contributed by atoms with Gasteiger partial charge < -0.3 is 4.42 Å².